The van der Waals surface area contributed by atoms with Crippen LogP contribution >= 0.6 is 0 Å². The average molecular weight is 356 g/mol. The molecule has 0 amide bonds. The number of rotatable bonds is 7. The molecule has 26 heavy (non-hydrogen) atoms. The summed E-state index contributed by atoms with van der Waals surface area (Å²) in [5.41, 5.74) is 1.43. The van der Waals surface area contributed by atoms with Gasteiger partial charge in [-0.1, -0.05) is 19.8 Å². The smallest absolute Gasteiger partial charge is 0.251 e. The highest BCUT2D eigenvalue weighted by molar-refractivity contribution is 5.55. The number of nitrogens with zero attached hydrogens (tertiary/aromatic N) is 2. The molecule has 1 aliphatic carbocycles. The Bertz CT molecular complexity index is 757. The van der Waals surface area contributed by atoms with Crippen molar-refractivity contribution >= 4 is 5.82 Å². The van der Waals surface area contributed by atoms with Gasteiger partial charge in [-0.05, 0) is 50.2 Å². The number of aliphatic hydroxyl groups is 1. The van der Waals surface area contributed by atoms with Gasteiger partial charge in [-0.25, -0.2) is 9.97 Å². The van der Waals surface area contributed by atoms with Crippen LogP contribution < -0.4 is 10.9 Å². The molecule has 1 saturated carbocycles. The largest absolute Gasteiger partial charge is 0.393 e. The predicted molar refractivity (Wildman–Crippen MR) is 103 cm³/mol. The number of nitrogens with one attached hydrogen (secondary N) is 2. The molecule has 0 radical (unpaired) electrons. The molecule has 0 aromatic carbocycles. The Morgan fingerprint density at radius 1 is 1.31 bits per heavy atom. The maximum absolute atomic E-state index is 11.7. The second kappa shape index (κ2) is 8.94. The lowest BCUT2D eigenvalue weighted by molar-refractivity contribution is 0.0648. The number of aliphatic hydroxyl groups excluding tert-OH is 1. The summed E-state index contributed by atoms with van der Waals surface area (Å²) in [6.45, 7) is 2.82. The number of hydrogen-bond acceptors (Lipinski definition) is 5. The topological polar surface area (TPSA) is 90.9 Å². The number of aromatic nitrogens is 3. The van der Waals surface area contributed by atoms with E-state index in [-0.39, 0.29) is 11.7 Å². The van der Waals surface area contributed by atoms with Gasteiger partial charge in [0.2, 0.25) is 0 Å². The van der Waals surface area contributed by atoms with E-state index in [0.717, 1.165) is 62.1 Å². The van der Waals surface area contributed by atoms with Crippen molar-refractivity contribution in [2.75, 3.05) is 11.9 Å². The minimum atomic E-state index is -0.140. The molecule has 140 valence electrons. The summed E-state index contributed by atoms with van der Waals surface area (Å²) in [4.78, 5) is 23.3. The lowest BCUT2D eigenvalue weighted by atomic mass is 9.83. The normalized spacial score (nSPS) is 20.1. The van der Waals surface area contributed by atoms with Gasteiger partial charge in [0.1, 0.15) is 11.6 Å². The van der Waals surface area contributed by atoms with Crippen LogP contribution in [0.3, 0.4) is 0 Å². The third-order valence-electron chi connectivity index (χ3n) is 5.12. The van der Waals surface area contributed by atoms with Crippen molar-refractivity contribution in [2.24, 2.45) is 5.92 Å². The summed E-state index contributed by atoms with van der Waals surface area (Å²) < 4.78 is 0. The predicted octanol–water partition coefficient (Wildman–Crippen LogP) is 3.14. The molecule has 1 aliphatic rings. The third-order valence-corrected chi connectivity index (χ3v) is 5.12. The van der Waals surface area contributed by atoms with Crippen molar-refractivity contribution in [3.8, 4) is 11.4 Å². The zero-order valence-electron chi connectivity index (χ0n) is 15.4. The molecular formula is C20H28N4O2. The van der Waals surface area contributed by atoms with E-state index in [1.807, 2.05) is 19.1 Å². The molecule has 2 atom stereocenters. The van der Waals surface area contributed by atoms with Crippen molar-refractivity contribution in [2.45, 2.75) is 58.0 Å². The van der Waals surface area contributed by atoms with E-state index < -0.39 is 0 Å². The number of anilines is 1. The maximum Gasteiger partial charge on any atom is 0.251 e. The first-order valence-corrected chi connectivity index (χ1v) is 9.64. The molecule has 0 aliphatic heterocycles. The Balaban J connectivity index is 1.51. The van der Waals surface area contributed by atoms with Crippen LogP contribution in [-0.2, 0) is 6.42 Å². The van der Waals surface area contributed by atoms with E-state index in [4.69, 9.17) is 0 Å². The Hall–Kier alpha value is -2.21. The van der Waals surface area contributed by atoms with Gasteiger partial charge in [-0.3, -0.25) is 4.79 Å². The third kappa shape index (κ3) is 4.91. The van der Waals surface area contributed by atoms with Crippen molar-refractivity contribution < 1.29 is 5.11 Å². The molecule has 2 aromatic heterocycles. The van der Waals surface area contributed by atoms with Crippen LogP contribution in [0.2, 0.25) is 0 Å². The summed E-state index contributed by atoms with van der Waals surface area (Å²) in [6, 6.07) is 5.34. The standard InChI is InChI=1S/C20H28N4O2/c1-2-16-12-19(26)24-20(23-16)15-9-10-18(22-13-15)21-11-5-7-14-6-3-4-8-17(14)25/h9-10,12-14,17,25H,2-8,11H2,1H3,(H,21,22)(H,23,24,26). The van der Waals surface area contributed by atoms with Gasteiger partial charge in [0.15, 0.2) is 0 Å². The lowest BCUT2D eigenvalue weighted by Crippen LogP contribution is -2.24. The Morgan fingerprint density at radius 3 is 2.88 bits per heavy atom. The minimum absolute atomic E-state index is 0.116. The second-order valence-electron chi connectivity index (χ2n) is 7.05. The highest BCUT2D eigenvalue weighted by Gasteiger charge is 2.22. The van der Waals surface area contributed by atoms with E-state index in [1.54, 1.807) is 6.20 Å². The molecule has 2 aromatic rings. The van der Waals surface area contributed by atoms with Gasteiger partial charge in [0.05, 0.1) is 6.10 Å². The maximum atomic E-state index is 11.7. The number of hydrogen-bond donors (Lipinski definition) is 3. The first-order valence-electron chi connectivity index (χ1n) is 9.64. The van der Waals surface area contributed by atoms with Gasteiger partial charge < -0.3 is 15.4 Å². The van der Waals surface area contributed by atoms with Gasteiger partial charge in [0.25, 0.3) is 5.56 Å². The molecule has 0 saturated heterocycles. The van der Waals surface area contributed by atoms with Crippen LogP contribution in [0.4, 0.5) is 5.82 Å². The van der Waals surface area contributed by atoms with Crippen LogP contribution in [-0.4, -0.2) is 32.7 Å². The molecule has 6 heteroatoms. The average Bonchev–Trinajstić information content (AvgIpc) is 2.66. The molecule has 2 heterocycles. The number of H-pyrrole nitrogens is 1. The fourth-order valence-electron chi connectivity index (χ4n) is 3.57. The van der Waals surface area contributed by atoms with E-state index in [0.29, 0.717) is 11.7 Å². The molecule has 3 rings (SSSR count). The molecular weight excluding hydrogens is 328 g/mol. The van der Waals surface area contributed by atoms with Crippen LogP contribution in [0, 0.1) is 5.92 Å². The Labute approximate surface area is 154 Å². The fraction of sp³-hybridized carbons (Fsp3) is 0.550. The van der Waals surface area contributed by atoms with Crippen molar-refractivity contribution in [1.82, 2.24) is 15.0 Å². The number of aromatic amines is 1. The van der Waals surface area contributed by atoms with Crippen molar-refractivity contribution in [3.05, 3.63) is 40.4 Å². The highest BCUT2D eigenvalue weighted by Crippen LogP contribution is 2.27. The zero-order chi connectivity index (χ0) is 18.4. The second-order valence-corrected chi connectivity index (χ2v) is 7.05. The lowest BCUT2D eigenvalue weighted by Gasteiger charge is -2.27. The van der Waals surface area contributed by atoms with E-state index in [9.17, 15) is 9.90 Å². The molecule has 0 bridgehead atoms. The Morgan fingerprint density at radius 2 is 2.15 bits per heavy atom. The molecule has 3 N–H and O–H groups in total. The van der Waals surface area contributed by atoms with Crippen molar-refractivity contribution in [1.29, 1.82) is 0 Å². The summed E-state index contributed by atoms with van der Waals surface area (Å²) in [5, 5.41) is 13.3. The van der Waals surface area contributed by atoms with Crippen LogP contribution in [0.1, 0.15) is 51.1 Å². The van der Waals surface area contributed by atoms with Crippen molar-refractivity contribution in [3.63, 3.8) is 0 Å². The van der Waals surface area contributed by atoms with Gasteiger partial charge in [-0.2, -0.15) is 0 Å². The quantitative estimate of drug-likeness (QED) is 0.663. The fourth-order valence-corrected chi connectivity index (χ4v) is 3.57. The van der Waals surface area contributed by atoms with Gasteiger partial charge >= 0.3 is 0 Å². The molecule has 1 fully saturated rings. The Kier molecular flexibility index (Phi) is 6.39. The van der Waals surface area contributed by atoms with Crippen LogP contribution in [0.15, 0.2) is 29.2 Å². The van der Waals surface area contributed by atoms with E-state index in [1.165, 1.54) is 12.5 Å². The summed E-state index contributed by atoms with van der Waals surface area (Å²) in [7, 11) is 0. The van der Waals surface area contributed by atoms with E-state index >= 15 is 0 Å². The zero-order valence-corrected chi connectivity index (χ0v) is 15.4. The number of pyridine rings is 1. The summed E-state index contributed by atoms with van der Waals surface area (Å²) >= 11 is 0. The first-order chi connectivity index (χ1) is 12.7. The van der Waals surface area contributed by atoms with Crippen LogP contribution in [0.5, 0.6) is 0 Å². The SMILES string of the molecule is CCc1cc(=O)[nH]c(-c2ccc(NCCCC3CCCCC3O)nc2)n1. The first kappa shape index (κ1) is 18.6. The number of aryl methyl sites for hydroxylation is 1. The minimum Gasteiger partial charge on any atom is -0.393 e. The van der Waals surface area contributed by atoms with E-state index in [2.05, 4.69) is 20.3 Å². The van der Waals surface area contributed by atoms with Gasteiger partial charge in [-0.15, -0.1) is 0 Å². The van der Waals surface area contributed by atoms with Gasteiger partial charge in [0, 0.05) is 30.1 Å². The highest BCUT2D eigenvalue weighted by atomic mass is 16.3. The molecule has 0 spiro atoms. The molecule has 6 nitrogen and oxygen atoms in total. The summed E-state index contributed by atoms with van der Waals surface area (Å²) in [6.07, 6.45) is 8.92. The van der Waals surface area contributed by atoms with Crippen LogP contribution in [0.25, 0.3) is 11.4 Å². The molecule has 2 unspecified atom stereocenters. The monoisotopic (exact) mass is 356 g/mol. The summed E-state index contributed by atoms with van der Waals surface area (Å²) in [5.74, 6) is 1.82.